The van der Waals surface area contributed by atoms with E-state index in [2.05, 4.69) is 9.97 Å². The van der Waals surface area contributed by atoms with Crippen molar-refractivity contribution in [2.45, 2.75) is 59.2 Å². The van der Waals surface area contributed by atoms with E-state index in [0.717, 1.165) is 17.1 Å². The summed E-state index contributed by atoms with van der Waals surface area (Å²) in [5.74, 6) is 0.978. The fourth-order valence-corrected chi connectivity index (χ4v) is 3.41. The van der Waals surface area contributed by atoms with Crippen LogP contribution in [0.1, 0.15) is 62.1 Å². The Bertz CT molecular complexity index is 1190. The van der Waals surface area contributed by atoms with Crippen molar-refractivity contribution in [3.63, 3.8) is 0 Å². The van der Waals surface area contributed by atoms with E-state index in [9.17, 15) is 9.59 Å². The van der Waals surface area contributed by atoms with Gasteiger partial charge in [0.15, 0.2) is 0 Å². The van der Waals surface area contributed by atoms with Crippen molar-refractivity contribution in [1.29, 1.82) is 0 Å². The van der Waals surface area contributed by atoms with Gasteiger partial charge < -0.3 is 14.1 Å². The molecule has 0 spiro atoms. The Kier molecular flexibility index (Phi) is 4.84. The Labute approximate surface area is 174 Å². The second-order valence-corrected chi connectivity index (χ2v) is 8.89. The molecule has 3 heterocycles. The molecule has 1 amide bonds. The largest absolute Gasteiger partial charge is 0.491 e. The first kappa shape index (κ1) is 20.1. The van der Waals surface area contributed by atoms with Gasteiger partial charge in [-0.05, 0) is 32.0 Å². The lowest BCUT2D eigenvalue weighted by molar-refractivity contribution is 0.0746. The first-order chi connectivity index (χ1) is 14.1. The zero-order valence-corrected chi connectivity index (χ0v) is 17.9. The molecule has 4 rings (SSSR count). The molecule has 0 fully saturated rings. The molecule has 0 saturated carbocycles. The fraction of sp³-hybridized carbons (Fsp3) is 0.391. The van der Waals surface area contributed by atoms with Crippen LogP contribution in [0.2, 0.25) is 0 Å². The third-order valence-corrected chi connectivity index (χ3v) is 4.92. The normalized spacial score (nSPS) is 13.7. The van der Waals surface area contributed by atoms with E-state index in [0.29, 0.717) is 29.8 Å². The third-order valence-electron chi connectivity index (χ3n) is 4.92. The van der Waals surface area contributed by atoms with Crippen LogP contribution >= 0.6 is 0 Å². The van der Waals surface area contributed by atoms with Crippen LogP contribution in [0.5, 0.6) is 5.75 Å². The molecule has 0 radical (unpaired) electrons. The molecule has 7 heteroatoms. The van der Waals surface area contributed by atoms with Crippen molar-refractivity contribution < 1.29 is 13.9 Å². The maximum Gasteiger partial charge on any atom is 0.349 e. The van der Waals surface area contributed by atoms with Crippen molar-refractivity contribution >= 4 is 16.9 Å². The minimum absolute atomic E-state index is 0.00807. The van der Waals surface area contributed by atoms with Gasteiger partial charge in [0.25, 0.3) is 5.91 Å². The van der Waals surface area contributed by atoms with Crippen LogP contribution in [0.3, 0.4) is 0 Å². The highest BCUT2D eigenvalue weighted by atomic mass is 16.5. The van der Waals surface area contributed by atoms with E-state index in [-0.39, 0.29) is 23.0 Å². The average molecular weight is 407 g/mol. The summed E-state index contributed by atoms with van der Waals surface area (Å²) in [6.07, 6.45) is 1.78. The second kappa shape index (κ2) is 7.23. The summed E-state index contributed by atoms with van der Waals surface area (Å²) in [6.45, 7) is 10.7. The van der Waals surface area contributed by atoms with Gasteiger partial charge in [-0.1, -0.05) is 20.8 Å². The first-order valence-corrected chi connectivity index (χ1v) is 10.0. The lowest BCUT2D eigenvalue weighted by atomic mass is 9.95. The summed E-state index contributed by atoms with van der Waals surface area (Å²) < 4.78 is 11.1. The van der Waals surface area contributed by atoms with E-state index in [4.69, 9.17) is 9.15 Å². The highest BCUT2D eigenvalue weighted by Crippen LogP contribution is 2.26. The molecular weight excluding hydrogens is 382 g/mol. The number of ether oxygens (including phenoxy) is 1. The minimum Gasteiger partial charge on any atom is -0.491 e. The maximum absolute atomic E-state index is 13.1. The molecule has 0 atom stereocenters. The number of amides is 1. The van der Waals surface area contributed by atoms with Crippen molar-refractivity contribution in [3.8, 4) is 5.75 Å². The van der Waals surface area contributed by atoms with E-state index in [1.807, 2.05) is 34.6 Å². The van der Waals surface area contributed by atoms with Gasteiger partial charge in [-0.3, -0.25) is 4.79 Å². The number of rotatable bonds is 3. The summed E-state index contributed by atoms with van der Waals surface area (Å²) in [7, 11) is 0. The predicted molar refractivity (Wildman–Crippen MR) is 113 cm³/mol. The molecule has 0 saturated heterocycles. The van der Waals surface area contributed by atoms with Crippen molar-refractivity contribution in [1.82, 2.24) is 14.9 Å². The van der Waals surface area contributed by atoms with Gasteiger partial charge in [0.1, 0.15) is 22.7 Å². The minimum atomic E-state index is -0.661. The zero-order chi connectivity index (χ0) is 21.6. The molecule has 1 aliphatic heterocycles. The van der Waals surface area contributed by atoms with Crippen LogP contribution in [-0.2, 0) is 18.5 Å². The van der Waals surface area contributed by atoms with Gasteiger partial charge in [0.05, 0.1) is 18.3 Å². The van der Waals surface area contributed by atoms with Crippen LogP contribution < -0.4 is 10.4 Å². The Morgan fingerprint density at radius 2 is 1.97 bits per heavy atom. The Morgan fingerprint density at radius 1 is 1.20 bits per heavy atom. The highest BCUT2D eigenvalue weighted by molar-refractivity contribution is 5.97. The summed E-state index contributed by atoms with van der Waals surface area (Å²) in [5, 5.41) is 0.667. The van der Waals surface area contributed by atoms with Gasteiger partial charge in [0, 0.05) is 35.2 Å². The number of carbonyl (C=O) groups is 1. The molecule has 0 aliphatic carbocycles. The van der Waals surface area contributed by atoms with Gasteiger partial charge in [-0.2, -0.15) is 0 Å². The number of aromatic nitrogens is 2. The lowest BCUT2D eigenvalue weighted by Gasteiger charge is -2.16. The fourth-order valence-electron chi connectivity index (χ4n) is 3.41. The number of carbonyl (C=O) groups excluding carboxylic acids is 1. The molecule has 7 nitrogen and oxygen atoms in total. The topological polar surface area (TPSA) is 85.5 Å². The maximum atomic E-state index is 13.1. The van der Waals surface area contributed by atoms with Crippen molar-refractivity contribution in [2.24, 2.45) is 0 Å². The molecular formula is C23H25N3O4. The smallest absolute Gasteiger partial charge is 0.349 e. The summed E-state index contributed by atoms with van der Waals surface area (Å²) >= 11 is 0. The van der Waals surface area contributed by atoms with E-state index < -0.39 is 5.63 Å². The van der Waals surface area contributed by atoms with Gasteiger partial charge >= 0.3 is 5.63 Å². The number of benzene rings is 1. The van der Waals surface area contributed by atoms with Crippen LogP contribution in [0.25, 0.3) is 11.0 Å². The number of fused-ring (bicyclic) bond motifs is 2. The molecule has 0 unspecified atom stereocenters. The van der Waals surface area contributed by atoms with Gasteiger partial charge in [-0.15, -0.1) is 0 Å². The SMILES string of the molecule is CC(C)Oc1ccc2cc(C(=O)N3Cc4cnc(C(C)(C)C)nc4C3)c(=O)oc2c1. The standard InChI is InChI=1S/C23H25N3O4/c1-13(2)29-16-7-6-14-8-17(21(28)30-19(14)9-16)20(27)26-11-15-10-24-22(23(3,4)5)25-18(15)12-26/h6-10,13H,11-12H2,1-5H3. The second-order valence-electron chi connectivity index (χ2n) is 8.89. The van der Waals surface area contributed by atoms with E-state index >= 15 is 0 Å². The quantitative estimate of drug-likeness (QED) is 0.614. The first-order valence-electron chi connectivity index (χ1n) is 10.0. The average Bonchev–Trinajstić information content (AvgIpc) is 3.09. The molecule has 1 aliphatic rings. The number of nitrogens with zero attached hydrogens (tertiary/aromatic N) is 3. The van der Waals surface area contributed by atoms with Crippen molar-refractivity contribution in [3.05, 3.63) is 63.5 Å². The number of hydrogen-bond donors (Lipinski definition) is 0. The Balaban J connectivity index is 1.61. The highest BCUT2D eigenvalue weighted by Gasteiger charge is 2.29. The van der Waals surface area contributed by atoms with E-state index in [1.54, 1.807) is 35.4 Å². The molecule has 0 N–H and O–H groups in total. The molecule has 156 valence electrons. The Morgan fingerprint density at radius 3 is 2.67 bits per heavy atom. The zero-order valence-electron chi connectivity index (χ0n) is 17.9. The molecule has 1 aromatic carbocycles. The summed E-state index contributed by atoms with van der Waals surface area (Å²) in [4.78, 5) is 36.3. The van der Waals surface area contributed by atoms with Crippen molar-refractivity contribution in [2.75, 3.05) is 0 Å². The molecule has 30 heavy (non-hydrogen) atoms. The summed E-state index contributed by atoms with van der Waals surface area (Å²) in [6, 6.07) is 6.83. The van der Waals surface area contributed by atoms with Gasteiger partial charge in [0.2, 0.25) is 0 Å². The van der Waals surface area contributed by atoms with Crippen LogP contribution in [0, 0.1) is 0 Å². The monoisotopic (exact) mass is 407 g/mol. The Hall–Kier alpha value is -3.22. The van der Waals surface area contributed by atoms with Crippen LogP contribution in [0.15, 0.2) is 39.7 Å². The molecule has 0 bridgehead atoms. The van der Waals surface area contributed by atoms with Crippen LogP contribution in [0.4, 0.5) is 0 Å². The third kappa shape index (κ3) is 3.79. The summed E-state index contributed by atoms with van der Waals surface area (Å²) in [5.41, 5.74) is 1.29. The lowest BCUT2D eigenvalue weighted by Crippen LogP contribution is -2.29. The predicted octanol–water partition coefficient (Wildman–Crippen LogP) is 3.82. The van der Waals surface area contributed by atoms with Gasteiger partial charge in [-0.25, -0.2) is 14.8 Å². The van der Waals surface area contributed by atoms with Crippen LogP contribution in [-0.4, -0.2) is 26.9 Å². The molecule has 3 aromatic rings. The number of hydrogen-bond acceptors (Lipinski definition) is 6. The molecule has 2 aromatic heterocycles. The van der Waals surface area contributed by atoms with E-state index in [1.165, 1.54) is 0 Å².